The number of ether oxygens (including phenoxy) is 1. The van der Waals surface area contributed by atoms with Crippen LogP contribution in [-0.4, -0.2) is 61.3 Å². The van der Waals surface area contributed by atoms with Gasteiger partial charge in [-0.25, -0.2) is 0 Å². The van der Waals surface area contributed by atoms with Gasteiger partial charge in [-0.05, 0) is 41.2 Å². The third-order valence-electron chi connectivity index (χ3n) is 3.69. The molecule has 3 nitrogen and oxygen atoms in total. The van der Waals surface area contributed by atoms with Crippen LogP contribution in [-0.2, 0) is 4.74 Å². The van der Waals surface area contributed by atoms with Crippen LogP contribution in [0.4, 0.5) is 0 Å². The van der Waals surface area contributed by atoms with E-state index in [1.807, 2.05) is 0 Å². The summed E-state index contributed by atoms with van der Waals surface area (Å²) in [5.41, 5.74) is 0.288. The molecule has 1 saturated heterocycles. The molecule has 2 atom stereocenters. The van der Waals surface area contributed by atoms with Gasteiger partial charge in [0.1, 0.15) is 0 Å². The maximum Gasteiger partial charge on any atom is 0.0589 e. The zero-order valence-corrected chi connectivity index (χ0v) is 11.8. The second-order valence-electron chi connectivity index (χ2n) is 6.04. The molecule has 2 unspecified atom stereocenters. The molecular weight excluding hydrogens is 200 g/mol. The smallest absolute Gasteiger partial charge is 0.0589 e. The predicted molar refractivity (Wildman–Crippen MR) is 68.8 cm³/mol. The zero-order chi connectivity index (χ0) is 12.3. The molecule has 0 aromatic rings. The summed E-state index contributed by atoms with van der Waals surface area (Å²) in [6, 6.07) is 1.37. The van der Waals surface area contributed by atoms with Gasteiger partial charge in [-0.15, -0.1) is 0 Å². The molecule has 0 aromatic heterocycles. The molecule has 1 fully saturated rings. The second kappa shape index (κ2) is 5.48. The average molecular weight is 228 g/mol. The van der Waals surface area contributed by atoms with Crippen LogP contribution in [0.5, 0.6) is 0 Å². The fourth-order valence-electron chi connectivity index (χ4n) is 2.67. The van der Waals surface area contributed by atoms with Crippen molar-refractivity contribution >= 4 is 0 Å². The molecule has 0 N–H and O–H groups in total. The van der Waals surface area contributed by atoms with E-state index in [4.69, 9.17) is 4.74 Å². The van der Waals surface area contributed by atoms with E-state index in [1.54, 1.807) is 7.11 Å². The van der Waals surface area contributed by atoms with Crippen molar-refractivity contribution in [3.05, 3.63) is 0 Å². The molecule has 1 heterocycles. The van der Waals surface area contributed by atoms with Crippen LogP contribution >= 0.6 is 0 Å². The van der Waals surface area contributed by atoms with E-state index in [-0.39, 0.29) is 5.54 Å². The number of hydrogen-bond acceptors (Lipinski definition) is 3. The van der Waals surface area contributed by atoms with Crippen LogP contribution in [0.15, 0.2) is 0 Å². The lowest BCUT2D eigenvalue weighted by Gasteiger charge is -2.35. The number of rotatable bonds is 4. The first-order chi connectivity index (χ1) is 7.36. The molecule has 16 heavy (non-hydrogen) atoms. The van der Waals surface area contributed by atoms with Gasteiger partial charge in [-0.2, -0.15) is 0 Å². The van der Waals surface area contributed by atoms with Crippen LogP contribution in [0.1, 0.15) is 34.1 Å². The highest BCUT2D eigenvalue weighted by Crippen LogP contribution is 2.28. The largest absolute Gasteiger partial charge is 0.383 e. The molecule has 96 valence electrons. The highest BCUT2D eigenvalue weighted by Gasteiger charge is 2.36. The Balaban J connectivity index is 2.49. The van der Waals surface area contributed by atoms with E-state index in [1.165, 1.54) is 13.0 Å². The van der Waals surface area contributed by atoms with Gasteiger partial charge in [-0.3, -0.25) is 9.80 Å². The molecule has 0 aliphatic carbocycles. The molecule has 0 radical (unpaired) electrons. The van der Waals surface area contributed by atoms with Crippen LogP contribution in [0.3, 0.4) is 0 Å². The topological polar surface area (TPSA) is 15.7 Å². The SMILES string of the molecule is COCCN(C)C1CC(C)N(C(C)(C)C)C1. The monoisotopic (exact) mass is 228 g/mol. The summed E-state index contributed by atoms with van der Waals surface area (Å²) in [6.45, 7) is 12.3. The van der Waals surface area contributed by atoms with E-state index < -0.39 is 0 Å². The van der Waals surface area contributed by atoms with Gasteiger partial charge < -0.3 is 4.74 Å². The van der Waals surface area contributed by atoms with Crippen molar-refractivity contribution in [3.8, 4) is 0 Å². The summed E-state index contributed by atoms with van der Waals surface area (Å²) >= 11 is 0. The third-order valence-corrected chi connectivity index (χ3v) is 3.69. The lowest BCUT2D eigenvalue weighted by atomic mass is 10.1. The van der Waals surface area contributed by atoms with Gasteiger partial charge >= 0.3 is 0 Å². The Hall–Kier alpha value is -0.120. The maximum atomic E-state index is 5.14. The molecule has 1 aliphatic heterocycles. The average Bonchev–Trinajstić information content (AvgIpc) is 2.56. The first kappa shape index (κ1) is 13.9. The Morgan fingerprint density at radius 2 is 2.00 bits per heavy atom. The first-order valence-corrected chi connectivity index (χ1v) is 6.32. The second-order valence-corrected chi connectivity index (χ2v) is 6.04. The number of nitrogens with zero attached hydrogens (tertiary/aromatic N) is 2. The summed E-state index contributed by atoms with van der Waals surface area (Å²) in [4.78, 5) is 5.05. The molecule has 0 aromatic carbocycles. The standard InChI is InChI=1S/C13H28N2O/c1-11-9-12(14(5)7-8-16-6)10-15(11)13(2,3)4/h11-12H,7-10H2,1-6H3. The van der Waals surface area contributed by atoms with Gasteiger partial charge in [0.15, 0.2) is 0 Å². The van der Waals surface area contributed by atoms with Crippen molar-refractivity contribution in [2.75, 3.05) is 33.9 Å². The summed E-state index contributed by atoms with van der Waals surface area (Å²) in [5.74, 6) is 0. The minimum Gasteiger partial charge on any atom is -0.383 e. The lowest BCUT2D eigenvalue weighted by molar-refractivity contribution is 0.111. The molecule has 0 amide bonds. The molecule has 1 rings (SSSR count). The van der Waals surface area contributed by atoms with Gasteiger partial charge in [0.05, 0.1) is 6.61 Å². The Labute approximate surface area is 101 Å². The van der Waals surface area contributed by atoms with Crippen molar-refractivity contribution in [2.24, 2.45) is 0 Å². The highest BCUT2D eigenvalue weighted by atomic mass is 16.5. The Morgan fingerprint density at radius 3 is 2.44 bits per heavy atom. The number of methoxy groups -OCH3 is 1. The minimum atomic E-state index is 0.288. The molecular formula is C13H28N2O. The number of hydrogen-bond donors (Lipinski definition) is 0. The fraction of sp³-hybridized carbons (Fsp3) is 1.00. The Morgan fingerprint density at radius 1 is 1.38 bits per heavy atom. The Bertz CT molecular complexity index is 212. The summed E-state index contributed by atoms with van der Waals surface area (Å²) in [7, 11) is 3.98. The van der Waals surface area contributed by atoms with Gasteiger partial charge in [0.25, 0.3) is 0 Å². The molecule has 3 heteroatoms. The van der Waals surface area contributed by atoms with Crippen LogP contribution in [0, 0.1) is 0 Å². The van der Waals surface area contributed by atoms with Crippen molar-refractivity contribution in [2.45, 2.75) is 51.7 Å². The van der Waals surface area contributed by atoms with Crippen molar-refractivity contribution in [3.63, 3.8) is 0 Å². The van der Waals surface area contributed by atoms with E-state index in [9.17, 15) is 0 Å². The summed E-state index contributed by atoms with van der Waals surface area (Å²) in [6.07, 6.45) is 1.28. The maximum absolute atomic E-state index is 5.14. The van der Waals surface area contributed by atoms with Crippen LogP contribution in [0.2, 0.25) is 0 Å². The predicted octanol–water partition coefficient (Wildman–Crippen LogP) is 1.83. The molecule has 0 bridgehead atoms. The normalized spacial score (nSPS) is 27.9. The summed E-state index contributed by atoms with van der Waals surface area (Å²) in [5, 5.41) is 0. The van der Waals surface area contributed by atoms with Crippen molar-refractivity contribution in [1.82, 2.24) is 9.80 Å². The third kappa shape index (κ3) is 3.44. The van der Waals surface area contributed by atoms with Gasteiger partial charge in [0.2, 0.25) is 0 Å². The van der Waals surface area contributed by atoms with Crippen molar-refractivity contribution in [1.29, 1.82) is 0 Å². The molecule has 0 saturated carbocycles. The van der Waals surface area contributed by atoms with E-state index in [0.717, 1.165) is 13.2 Å². The van der Waals surface area contributed by atoms with E-state index >= 15 is 0 Å². The minimum absolute atomic E-state index is 0.288. The molecule has 1 aliphatic rings. The van der Waals surface area contributed by atoms with Gasteiger partial charge in [0, 0.05) is 37.8 Å². The van der Waals surface area contributed by atoms with E-state index in [0.29, 0.717) is 12.1 Å². The zero-order valence-electron chi connectivity index (χ0n) is 11.8. The fourth-order valence-corrected chi connectivity index (χ4v) is 2.67. The van der Waals surface area contributed by atoms with Crippen molar-refractivity contribution < 1.29 is 4.74 Å². The quantitative estimate of drug-likeness (QED) is 0.730. The van der Waals surface area contributed by atoms with Gasteiger partial charge in [-0.1, -0.05) is 0 Å². The van der Waals surface area contributed by atoms with Crippen LogP contribution < -0.4 is 0 Å². The molecule has 0 spiro atoms. The number of likely N-dealkylation sites (N-methyl/N-ethyl adjacent to an activating group) is 1. The number of likely N-dealkylation sites (tertiary alicyclic amines) is 1. The Kier molecular flexibility index (Phi) is 4.77. The van der Waals surface area contributed by atoms with Crippen LogP contribution in [0.25, 0.3) is 0 Å². The first-order valence-electron chi connectivity index (χ1n) is 6.32. The highest BCUT2D eigenvalue weighted by molar-refractivity contribution is 4.93. The van der Waals surface area contributed by atoms with E-state index in [2.05, 4.69) is 44.5 Å². The lowest BCUT2D eigenvalue weighted by Crippen LogP contribution is -2.45. The summed E-state index contributed by atoms with van der Waals surface area (Å²) < 4.78 is 5.14.